The van der Waals surface area contributed by atoms with Crippen LogP contribution in [0.5, 0.6) is 0 Å². The van der Waals surface area contributed by atoms with Crippen molar-refractivity contribution in [3.63, 3.8) is 0 Å². The minimum atomic E-state index is -4.61. The quantitative estimate of drug-likeness (QED) is 0.434. The van der Waals surface area contributed by atoms with Crippen molar-refractivity contribution in [3.8, 4) is 11.3 Å². The summed E-state index contributed by atoms with van der Waals surface area (Å²) >= 11 is 0. The van der Waals surface area contributed by atoms with Crippen LogP contribution in [0.2, 0.25) is 0 Å². The average molecular weight is 406 g/mol. The third kappa shape index (κ3) is 4.63. The van der Waals surface area contributed by atoms with Gasteiger partial charge in [0.15, 0.2) is 0 Å². The molecule has 0 saturated heterocycles. The molecule has 2 aromatic rings. The van der Waals surface area contributed by atoms with Crippen molar-refractivity contribution in [2.75, 3.05) is 24.3 Å². The molecule has 1 aromatic heterocycles. The second kappa shape index (κ2) is 8.33. The lowest BCUT2D eigenvalue weighted by Crippen LogP contribution is -2.20. The average Bonchev–Trinajstić information content (AvgIpc) is 3.10. The van der Waals surface area contributed by atoms with Crippen molar-refractivity contribution in [2.45, 2.75) is 32.7 Å². The third-order valence-electron chi connectivity index (χ3n) is 3.78. The van der Waals surface area contributed by atoms with Crippen molar-refractivity contribution < 1.29 is 26.8 Å². The number of benzene rings is 1. The van der Waals surface area contributed by atoms with Gasteiger partial charge < -0.3 is 25.1 Å². The lowest BCUT2D eigenvalue weighted by Gasteiger charge is -2.26. The number of nitrogens with zero attached hydrogens (tertiary/aromatic N) is 1. The standard InChI is InChI=1S/C16H22F3N4O3P/c1-4-25-27(24,26-5-2)10(3)23-12-7-6-11(16(17,18)19)14(15(12)20)13-8-21-9-22-13/h6-10,23H,4-5,20H2,1-3H3,(H,21,22). The number of halogens is 3. The monoisotopic (exact) mass is 406 g/mol. The molecular formula is C16H22F3N4O3P. The van der Waals surface area contributed by atoms with E-state index in [1.165, 1.54) is 18.6 Å². The molecule has 0 bridgehead atoms. The molecular weight excluding hydrogens is 384 g/mol. The predicted molar refractivity (Wildman–Crippen MR) is 97.4 cm³/mol. The fourth-order valence-corrected chi connectivity index (χ4v) is 4.13. The molecule has 0 aliphatic carbocycles. The fourth-order valence-electron chi connectivity index (χ4n) is 2.59. The van der Waals surface area contributed by atoms with Gasteiger partial charge >= 0.3 is 13.8 Å². The summed E-state index contributed by atoms with van der Waals surface area (Å²) < 4.78 is 63.6. The van der Waals surface area contributed by atoms with Crippen LogP contribution in [0.15, 0.2) is 24.7 Å². The van der Waals surface area contributed by atoms with Gasteiger partial charge in [-0.15, -0.1) is 0 Å². The molecule has 0 fully saturated rings. The highest BCUT2D eigenvalue weighted by atomic mass is 31.2. The summed E-state index contributed by atoms with van der Waals surface area (Å²) in [5, 5.41) is 2.86. The van der Waals surface area contributed by atoms with Crippen molar-refractivity contribution in [1.82, 2.24) is 9.97 Å². The number of nitrogens with two attached hydrogens (primary N) is 1. The van der Waals surface area contributed by atoms with Gasteiger partial charge in [0.1, 0.15) is 5.78 Å². The van der Waals surface area contributed by atoms with Gasteiger partial charge in [-0.2, -0.15) is 13.2 Å². The van der Waals surface area contributed by atoms with E-state index < -0.39 is 25.1 Å². The number of aromatic amines is 1. The Morgan fingerprint density at radius 1 is 1.30 bits per heavy atom. The number of rotatable bonds is 8. The minimum Gasteiger partial charge on any atom is -0.396 e. The lowest BCUT2D eigenvalue weighted by molar-refractivity contribution is -0.137. The molecule has 0 aliphatic heterocycles. The summed E-state index contributed by atoms with van der Waals surface area (Å²) in [4.78, 5) is 6.39. The first-order valence-corrected chi connectivity index (χ1v) is 9.89. The van der Waals surface area contributed by atoms with E-state index >= 15 is 0 Å². The largest absolute Gasteiger partial charge is 0.417 e. The van der Waals surface area contributed by atoms with Gasteiger partial charge in [0.25, 0.3) is 0 Å². The van der Waals surface area contributed by atoms with Crippen LogP contribution < -0.4 is 11.1 Å². The van der Waals surface area contributed by atoms with Crippen LogP contribution in [0.1, 0.15) is 26.3 Å². The van der Waals surface area contributed by atoms with Crippen LogP contribution in [-0.4, -0.2) is 29.0 Å². The summed E-state index contributed by atoms with van der Waals surface area (Å²) in [7, 11) is -3.52. The van der Waals surface area contributed by atoms with Gasteiger partial charge in [-0.3, -0.25) is 4.57 Å². The van der Waals surface area contributed by atoms with Crippen LogP contribution in [0.4, 0.5) is 24.5 Å². The Hall–Kier alpha value is -2.03. The Kier molecular flexibility index (Phi) is 6.56. The molecule has 4 N–H and O–H groups in total. The van der Waals surface area contributed by atoms with Crippen LogP contribution in [0.25, 0.3) is 11.3 Å². The molecule has 1 unspecified atom stereocenters. The van der Waals surface area contributed by atoms with Crippen molar-refractivity contribution in [2.24, 2.45) is 0 Å². The zero-order chi connectivity index (χ0) is 20.2. The number of H-pyrrole nitrogens is 1. The molecule has 0 radical (unpaired) electrons. The van der Waals surface area contributed by atoms with Crippen LogP contribution >= 0.6 is 7.60 Å². The maximum absolute atomic E-state index is 13.4. The topological polar surface area (TPSA) is 102 Å². The molecule has 1 aromatic carbocycles. The molecule has 27 heavy (non-hydrogen) atoms. The molecule has 2 rings (SSSR count). The van der Waals surface area contributed by atoms with Crippen LogP contribution in [-0.2, 0) is 19.8 Å². The normalized spacial score (nSPS) is 13.6. The molecule has 0 saturated carbocycles. The third-order valence-corrected chi connectivity index (χ3v) is 6.09. The van der Waals surface area contributed by atoms with Crippen LogP contribution in [0, 0.1) is 0 Å². The van der Waals surface area contributed by atoms with Crippen molar-refractivity contribution >= 4 is 19.0 Å². The Balaban J connectivity index is 2.47. The second-order valence-corrected chi connectivity index (χ2v) is 7.98. The smallest absolute Gasteiger partial charge is 0.396 e. The Bertz CT molecular complexity index is 802. The molecule has 7 nitrogen and oxygen atoms in total. The number of aromatic nitrogens is 2. The van der Waals surface area contributed by atoms with Gasteiger partial charge in [-0.25, -0.2) is 4.98 Å². The van der Waals surface area contributed by atoms with Gasteiger partial charge in [-0.1, -0.05) is 0 Å². The Labute approximate surface area is 155 Å². The van der Waals surface area contributed by atoms with E-state index in [0.29, 0.717) is 0 Å². The first-order valence-electron chi connectivity index (χ1n) is 8.27. The van der Waals surface area contributed by atoms with E-state index in [-0.39, 0.29) is 35.8 Å². The first kappa shape index (κ1) is 21.3. The van der Waals surface area contributed by atoms with Crippen molar-refractivity contribution in [1.29, 1.82) is 0 Å². The number of imidazole rings is 1. The van der Waals surface area contributed by atoms with E-state index in [9.17, 15) is 17.7 Å². The van der Waals surface area contributed by atoms with Gasteiger partial charge in [0.05, 0.1) is 48.4 Å². The van der Waals surface area contributed by atoms with Crippen LogP contribution in [0.3, 0.4) is 0 Å². The van der Waals surface area contributed by atoms with Gasteiger partial charge in [0.2, 0.25) is 0 Å². The first-order chi connectivity index (χ1) is 12.6. The second-order valence-electron chi connectivity index (χ2n) is 5.61. The summed E-state index contributed by atoms with van der Waals surface area (Å²) in [6.07, 6.45) is -2.10. The van der Waals surface area contributed by atoms with E-state index in [4.69, 9.17) is 14.8 Å². The highest BCUT2D eigenvalue weighted by Gasteiger charge is 2.37. The molecule has 0 aliphatic rings. The molecule has 0 spiro atoms. The number of hydrogen-bond acceptors (Lipinski definition) is 6. The lowest BCUT2D eigenvalue weighted by atomic mass is 10.0. The van der Waals surface area contributed by atoms with Gasteiger partial charge in [-0.05, 0) is 32.9 Å². The zero-order valence-electron chi connectivity index (χ0n) is 15.1. The van der Waals surface area contributed by atoms with E-state index in [2.05, 4.69) is 15.3 Å². The maximum atomic E-state index is 13.4. The fraction of sp³-hybridized carbons (Fsp3) is 0.438. The Morgan fingerprint density at radius 2 is 1.93 bits per heavy atom. The SMILES string of the molecule is CCOP(=O)(OCC)C(C)Nc1ccc(C(F)(F)F)c(-c2cnc[nH]2)c1N. The summed E-state index contributed by atoms with van der Waals surface area (Å²) in [6.45, 7) is 5.21. The number of hydrogen-bond donors (Lipinski definition) is 3. The van der Waals surface area contributed by atoms with Gasteiger partial charge in [0, 0.05) is 5.56 Å². The molecule has 150 valence electrons. The molecule has 11 heteroatoms. The highest BCUT2D eigenvalue weighted by molar-refractivity contribution is 7.54. The molecule has 1 heterocycles. The minimum absolute atomic E-state index is 0.119. The molecule has 0 amide bonds. The summed E-state index contributed by atoms with van der Waals surface area (Å²) in [5.41, 5.74) is 5.04. The summed E-state index contributed by atoms with van der Waals surface area (Å²) in [5.74, 6) is -0.828. The Morgan fingerprint density at radius 3 is 2.41 bits per heavy atom. The number of nitrogen functional groups attached to an aromatic ring is 1. The zero-order valence-corrected chi connectivity index (χ0v) is 16.0. The number of nitrogens with one attached hydrogen (secondary N) is 2. The number of alkyl halides is 3. The van der Waals surface area contributed by atoms with E-state index in [0.717, 1.165) is 6.07 Å². The summed E-state index contributed by atoms with van der Waals surface area (Å²) in [6, 6.07) is 2.10. The maximum Gasteiger partial charge on any atom is 0.417 e. The van der Waals surface area contributed by atoms with E-state index in [1.54, 1.807) is 20.8 Å². The number of anilines is 2. The highest BCUT2D eigenvalue weighted by Crippen LogP contribution is 2.53. The molecule has 1 atom stereocenters. The van der Waals surface area contributed by atoms with Crippen molar-refractivity contribution in [3.05, 3.63) is 30.2 Å². The van der Waals surface area contributed by atoms with E-state index in [1.807, 2.05) is 0 Å². The predicted octanol–water partition coefficient (Wildman–Crippen LogP) is 4.70.